The largest absolute Gasteiger partial charge is 0.464 e. The molecule has 1 rings (SSSR count). The lowest BCUT2D eigenvalue weighted by Gasteiger charge is -2.12. The van der Waals surface area contributed by atoms with Crippen molar-refractivity contribution in [1.82, 2.24) is 10.0 Å². The van der Waals surface area contributed by atoms with Gasteiger partial charge in [0.2, 0.25) is 10.0 Å². The van der Waals surface area contributed by atoms with E-state index in [0.717, 1.165) is 19.4 Å². The number of hydrogen-bond acceptors (Lipinski definition) is 4. The Balaban J connectivity index is 2.85. The van der Waals surface area contributed by atoms with E-state index in [0.29, 0.717) is 18.1 Å². The Morgan fingerprint density at radius 1 is 1.37 bits per heavy atom. The maximum Gasteiger partial charge on any atom is 0.244 e. The SMILES string of the molecule is CCCC(C)NS(=O)(=O)c1cc(CNCC)oc1C. The summed E-state index contributed by atoms with van der Waals surface area (Å²) < 4.78 is 32.6. The van der Waals surface area contributed by atoms with E-state index in [9.17, 15) is 8.42 Å². The van der Waals surface area contributed by atoms with E-state index in [-0.39, 0.29) is 10.9 Å². The fraction of sp³-hybridized carbons (Fsp3) is 0.692. The molecule has 0 aliphatic carbocycles. The van der Waals surface area contributed by atoms with E-state index < -0.39 is 10.0 Å². The summed E-state index contributed by atoms with van der Waals surface area (Å²) in [5.74, 6) is 1.08. The number of aryl methyl sites for hydroxylation is 1. The topological polar surface area (TPSA) is 71.3 Å². The van der Waals surface area contributed by atoms with Crippen LogP contribution in [0.1, 0.15) is 45.1 Å². The van der Waals surface area contributed by atoms with Gasteiger partial charge in [0.25, 0.3) is 0 Å². The molecular weight excluding hydrogens is 264 g/mol. The second kappa shape index (κ2) is 7.07. The summed E-state index contributed by atoms with van der Waals surface area (Å²) in [4.78, 5) is 0.239. The molecule has 5 nitrogen and oxygen atoms in total. The van der Waals surface area contributed by atoms with E-state index in [1.54, 1.807) is 13.0 Å². The van der Waals surface area contributed by atoms with Gasteiger partial charge in [-0.05, 0) is 26.8 Å². The smallest absolute Gasteiger partial charge is 0.244 e. The van der Waals surface area contributed by atoms with E-state index in [1.807, 2.05) is 20.8 Å². The van der Waals surface area contributed by atoms with E-state index in [4.69, 9.17) is 4.42 Å². The molecule has 19 heavy (non-hydrogen) atoms. The maximum atomic E-state index is 12.2. The van der Waals surface area contributed by atoms with Crippen molar-refractivity contribution in [2.24, 2.45) is 0 Å². The standard InChI is InChI=1S/C13H24N2O3S/c1-5-7-10(3)15-19(16,17)13-8-12(9-14-6-2)18-11(13)4/h8,10,14-15H,5-7,9H2,1-4H3. The first-order valence-corrected chi connectivity index (χ1v) is 8.21. The van der Waals surface area contributed by atoms with Crippen molar-refractivity contribution in [3.63, 3.8) is 0 Å². The van der Waals surface area contributed by atoms with Crippen molar-refractivity contribution >= 4 is 10.0 Å². The van der Waals surface area contributed by atoms with Crippen LogP contribution in [0.4, 0.5) is 0 Å². The van der Waals surface area contributed by atoms with Crippen LogP contribution < -0.4 is 10.0 Å². The van der Waals surface area contributed by atoms with Crippen LogP contribution in [-0.2, 0) is 16.6 Å². The van der Waals surface area contributed by atoms with Crippen molar-refractivity contribution in [1.29, 1.82) is 0 Å². The van der Waals surface area contributed by atoms with Gasteiger partial charge in [0.1, 0.15) is 16.4 Å². The van der Waals surface area contributed by atoms with Crippen LogP contribution in [-0.4, -0.2) is 21.0 Å². The van der Waals surface area contributed by atoms with Gasteiger partial charge >= 0.3 is 0 Å². The maximum absolute atomic E-state index is 12.2. The summed E-state index contributed by atoms with van der Waals surface area (Å²) in [5.41, 5.74) is 0. The molecule has 6 heteroatoms. The molecule has 1 aromatic rings. The van der Waals surface area contributed by atoms with Crippen LogP contribution in [0.2, 0.25) is 0 Å². The highest BCUT2D eigenvalue weighted by atomic mass is 32.2. The number of rotatable bonds is 8. The molecule has 0 amide bonds. The van der Waals surface area contributed by atoms with E-state index in [2.05, 4.69) is 10.0 Å². The minimum absolute atomic E-state index is 0.0680. The summed E-state index contributed by atoms with van der Waals surface area (Å²) in [7, 11) is -3.49. The molecule has 0 aromatic carbocycles. The predicted octanol–water partition coefficient (Wildman–Crippen LogP) is 2.16. The van der Waals surface area contributed by atoms with Crippen LogP contribution in [0.15, 0.2) is 15.4 Å². The summed E-state index contributed by atoms with van der Waals surface area (Å²) in [6, 6.07) is 1.53. The third-order valence-electron chi connectivity index (χ3n) is 2.84. The third kappa shape index (κ3) is 4.63. The van der Waals surface area contributed by atoms with Crippen LogP contribution in [0.5, 0.6) is 0 Å². The Hall–Kier alpha value is -0.850. The van der Waals surface area contributed by atoms with Crippen molar-refractivity contribution in [3.8, 4) is 0 Å². The van der Waals surface area contributed by atoms with Gasteiger partial charge < -0.3 is 9.73 Å². The number of hydrogen-bond donors (Lipinski definition) is 2. The Morgan fingerprint density at radius 2 is 2.05 bits per heavy atom. The van der Waals surface area contributed by atoms with Gasteiger partial charge in [-0.25, -0.2) is 13.1 Å². The second-order valence-corrected chi connectivity index (χ2v) is 6.41. The highest BCUT2D eigenvalue weighted by Crippen LogP contribution is 2.20. The zero-order valence-corrected chi connectivity index (χ0v) is 12.9. The first kappa shape index (κ1) is 16.2. The summed E-state index contributed by atoms with van der Waals surface area (Å²) >= 11 is 0. The molecule has 0 aliphatic heterocycles. The molecule has 0 bridgehead atoms. The average Bonchev–Trinajstić information content (AvgIpc) is 2.68. The highest BCUT2D eigenvalue weighted by Gasteiger charge is 2.22. The van der Waals surface area contributed by atoms with Crippen molar-refractivity contribution in [3.05, 3.63) is 17.6 Å². The number of furan rings is 1. The molecule has 110 valence electrons. The van der Waals surface area contributed by atoms with Gasteiger partial charge in [-0.2, -0.15) is 0 Å². The lowest BCUT2D eigenvalue weighted by atomic mass is 10.2. The second-order valence-electron chi connectivity index (χ2n) is 4.72. The Kier molecular flexibility index (Phi) is 6.03. The minimum Gasteiger partial charge on any atom is -0.464 e. The first-order chi connectivity index (χ1) is 8.90. The highest BCUT2D eigenvalue weighted by molar-refractivity contribution is 7.89. The van der Waals surface area contributed by atoms with Crippen molar-refractivity contribution in [2.75, 3.05) is 6.54 Å². The molecular formula is C13H24N2O3S. The molecule has 0 saturated heterocycles. The fourth-order valence-corrected chi connectivity index (χ4v) is 3.43. The molecule has 1 heterocycles. The van der Waals surface area contributed by atoms with Gasteiger partial charge in [0, 0.05) is 12.1 Å². The first-order valence-electron chi connectivity index (χ1n) is 6.73. The summed E-state index contributed by atoms with van der Waals surface area (Å²) in [6.07, 6.45) is 1.76. The normalized spacial score (nSPS) is 13.7. The average molecular weight is 288 g/mol. The molecule has 0 aliphatic rings. The lowest BCUT2D eigenvalue weighted by molar-refractivity contribution is 0.459. The molecule has 1 unspecified atom stereocenters. The fourth-order valence-electron chi connectivity index (χ4n) is 1.95. The van der Waals surface area contributed by atoms with Crippen LogP contribution in [0.25, 0.3) is 0 Å². The molecule has 0 spiro atoms. The van der Waals surface area contributed by atoms with Gasteiger partial charge in [-0.3, -0.25) is 0 Å². The Morgan fingerprint density at radius 3 is 2.63 bits per heavy atom. The molecule has 0 saturated carbocycles. The van der Waals surface area contributed by atoms with Crippen LogP contribution >= 0.6 is 0 Å². The van der Waals surface area contributed by atoms with Crippen LogP contribution in [0, 0.1) is 6.92 Å². The quantitative estimate of drug-likeness (QED) is 0.769. The Labute approximate surface area is 115 Å². The minimum atomic E-state index is -3.49. The molecule has 0 radical (unpaired) electrons. The van der Waals surface area contributed by atoms with Gasteiger partial charge in [-0.15, -0.1) is 0 Å². The molecule has 1 atom stereocenters. The number of sulfonamides is 1. The molecule has 1 aromatic heterocycles. The number of nitrogens with one attached hydrogen (secondary N) is 2. The van der Waals surface area contributed by atoms with Crippen molar-refractivity contribution < 1.29 is 12.8 Å². The molecule has 0 fully saturated rings. The zero-order valence-electron chi connectivity index (χ0n) is 12.1. The van der Waals surface area contributed by atoms with Gasteiger partial charge in [0.15, 0.2) is 0 Å². The van der Waals surface area contributed by atoms with Gasteiger partial charge in [0.05, 0.1) is 6.54 Å². The Bertz CT molecular complexity index is 494. The lowest BCUT2D eigenvalue weighted by Crippen LogP contribution is -2.32. The van der Waals surface area contributed by atoms with E-state index in [1.165, 1.54) is 0 Å². The van der Waals surface area contributed by atoms with Crippen molar-refractivity contribution in [2.45, 2.75) is 58.0 Å². The molecule has 2 N–H and O–H groups in total. The van der Waals surface area contributed by atoms with E-state index >= 15 is 0 Å². The zero-order chi connectivity index (χ0) is 14.5. The third-order valence-corrected chi connectivity index (χ3v) is 4.54. The monoisotopic (exact) mass is 288 g/mol. The summed E-state index contributed by atoms with van der Waals surface area (Å²) in [5, 5.41) is 3.11. The predicted molar refractivity (Wildman–Crippen MR) is 75.5 cm³/mol. The van der Waals surface area contributed by atoms with Crippen LogP contribution in [0.3, 0.4) is 0 Å². The van der Waals surface area contributed by atoms with Gasteiger partial charge in [-0.1, -0.05) is 20.3 Å². The summed E-state index contributed by atoms with van der Waals surface area (Å²) in [6.45, 7) is 8.92.